The van der Waals surface area contributed by atoms with Gasteiger partial charge in [0, 0.05) is 5.02 Å². The minimum absolute atomic E-state index is 0.0533. The van der Waals surface area contributed by atoms with E-state index >= 15 is 0 Å². The molecule has 17 heavy (non-hydrogen) atoms. The molecule has 2 aromatic carbocycles. The lowest BCUT2D eigenvalue weighted by molar-refractivity contribution is 0.863. The van der Waals surface area contributed by atoms with Gasteiger partial charge in [0.25, 0.3) is 0 Å². The first-order valence-corrected chi connectivity index (χ1v) is 6.25. The van der Waals surface area contributed by atoms with Crippen LogP contribution in [-0.4, -0.2) is 0 Å². The van der Waals surface area contributed by atoms with E-state index in [1.165, 1.54) is 22.3 Å². The molecule has 0 radical (unpaired) electrons. The Kier molecular flexibility index (Phi) is 2.65. The van der Waals surface area contributed by atoms with Crippen molar-refractivity contribution < 1.29 is 0 Å². The molecule has 0 unspecified atom stereocenters. The number of nitrogens with two attached hydrogens (primary N) is 1. The van der Waals surface area contributed by atoms with E-state index in [0.29, 0.717) is 0 Å². The smallest absolute Gasteiger partial charge is 0.0557 e. The lowest BCUT2D eigenvalue weighted by Crippen LogP contribution is -2.13. The maximum atomic E-state index is 6.37. The maximum absolute atomic E-state index is 6.37. The normalized spacial score (nSPS) is 18.1. The van der Waals surface area contributed by atoms with Gasteiger partial charge < -0.3 is 5.73 Å². The average molecular weight is 244 g/mol. The number of fused-ring (bicyclic) bond motifs is 2. The second-order valence-corrected chi connectivity index (χ2v) is 4.96. The molecule has 3 rings (SSSR count). The minimum Gasteiger partial charge on any atom is -0.320 e. The zero-order valence-electron chi connectivity index (χ0n) is 9.49. The fourth-order valence-corrected chi connectivity index (χ4v) is 2.77. The Morgan fingerprint density at radius 2 is 1.65 bits per heavy atom. The summed E-state index contributed by atoms with van der Waals surface area (Å²) in [5.74, 6) is 0. The van der Waals surface area contributed by atoms with Gasteiger partial charge in [-0.2, -0.15) is 0 Å². The van der Waals surface area contributed by atoms with Gasteiger partial charge in [-0.25, -0.2) is 0 Å². The highest BCUT2D eigenvalue weighted by Crippen LogP contribution is 2.32. The van der Waals surface area contributed by atoms with Crippen LogP contribution < -0.4 is 5.73 Å². The highest BCUT2D eigenvalue weighted by atomic mass is 35.5. The summed E-state index contributed by atoms with van der Waals surface area (Å²) < 4.78 is 0. The summed E-state index contributed by atoms with van der Waals surface area (Å²) >= 11 is 6.07. The van der Waals surface area contributed by atoms with Crippen molar-refractivity contribution >= 4 is 11.6 Å². The summed E-state index contributed by atoms with van der Waals surface area (Å²) in [7, 11) is 0. The number of hydrogen-bond acceptors (Lipinski definition) is 1. The van der Waals surface area contributed by atoms with Crippen LogP contribution in [0.25, 0.3) is 0 Å². The van der Waals surface area contributed by atoms with Gasteiger partial charge in [-0.1, -0.05) is 41.9 Å². The van der Waals surface area contributed by atoms with E-state index < -0.39 is 0 Å². The molecule has 1 atom stereocenters. The summed E-state index contributed by atoms with van der Waals surface area (Å²) in [5.41, 5.74) is 11.4. The molecular formula is C15H14ClN. The Hall–Kier alpha value is -1.31. The quantitative estimate of drug-likeness (QED) is 0.753. The van der Waals surface area contributed by atoms with Gasteiger partial charge in [0.05, 0.1) is 6.04 Å². The monoisotopic (exact) mass is 243 g/mol. The van der Waals surface area contributed by atoms with Crippen LogP contribution in [0.3, 0.4) is 0 Å². The van der Waals surface area contributed by atoms with Crippen LogP contribution in [0.4, 0.5) is 0 Å². The number of benzene rings is 2. The molecule has 1 aliphatic carbocycles. The van der Waals surface area contributed by atoms with Crippen LogP contribution >= 0.6 is 11.6 Å². The molecule has 2 heteroatoms. The summed E-state index contributed by atoms with van der Waals surface area (Å²) in [6.07, 6.45) is 2.09. The van der Waals surface area contributed by atoms with Crippen molar-refractivity contribution in [2.24, 2.45) is 5.73 Å². The Morgan fingerprint density at radius 3 is 2.47 bits per heavy atom. The van der Waals surface area contributed by atoms with Gasteiger partial charge in [0.15, 0.2) is 0 Å². The highest BCUT2D eigenvalue weighted by molar-refractivity contribution is 6.30. The van der Waals surface area contributed by atoms with Gasteiger partial charge in [-0.3, -0.25) is 0 Å². The third-order valence-corrected chi connectivity index (χ3v) is 3.73. The Morgan fingerprint density at radius 1 is 0.941 bits per heavy atom. The second-order valence-electron chi connectivity index (χ2n) is 4.52. The van der Waals surface area contributed by atoms with Crippen molar-refractivity contribution in [1.82, 2.24) is 0 Å². The molecule has 0 heterocycles. The molecule has 0 saturated carbocycles. The van der Waals surface area contributed by atoms with Crippen LogP contribution in [-0.2, 0) is 12.8 Å². The zero-order chi connectivity index (χ0) is 11.8. The lowest BCUT2D eigenvalue weighted by Gasteiger charge is -2.15. The SMILES string of the molecule is N[C@@H]1c2ccccc2CCc2ccc(Cl)cc21. The number of hydrogen-bond donors (Lipinski definition) is 1. The van der Waals surface area contributed by atoms with Crippen molar-refractivity contribution in [3.8, 4) is 0 Å². The van der Waals surface area contributed by atoms with E-state index in [0.717, 1.165) is 17.9 Å². The first kappa shape index (κ1) is 10.8. The molecule has 1 nitrogen and oxygen atoms in total. The summed E-state index contributed by atoms with van der Waals surface area (Å²) in [6.45, 7) is 0. The molecule has 0 spiro atoms. The molecule has 0 fully saturated rings. The van der Waals surface area contributed by atoms with Gasteiger partial charge in [-0.15, -0.1) is 0 Å². The predicted molar refractivity (Wildman–Crippen MR) is 71.3 cm³/mol. The molecule has 2 N–H and O–H groups in total. The first-order chi connectivity index (χ1) is 8.25. The lowest BCUT2D eigenvalue weighted by atomic mass is 9.96. The molecule has 0 bridgehead atoms. The number of rotatable bonds is 0. The van der Waals surface area contributed by atoms with Gasteiger partial charge in [0.1, 0.15) is 0 Å². The largest absolute Gasteiger partial charge is 0.320 e. The summed E-state index contributed by atoms with van der Waals surface area (Å²) in [4.78, 5) is 0. The second kappa shape index (κ2) is 4.17. The van der Waals surface area contributed by atoms with E-state index in [2.05, 4.69) is 24.3 Å². The summed E-state index contributed by atoms with van der Waals surface area (Å²) in [6, 6.07) is 14.4. The molecule has 0 aliphatic heterocycles. The van der Waals surface area contributed by atoms with Crippen molar-refractivity contribution in [3.63, 3.8) is 0 Å². The van der Waals surface area contributed by atoms with Crippen molar-refractivity contribution in [2.75, 3.05) is 0 Å². The molecule has 0 amide bonds. The zero-order valence-corrected chi connectivity index (χ0v) is 10.2. The summed E-state index contributed by atoms with van der Waals surface area (Å²) in [5, 5.41) is 0.763. The first-order valence-electron chi connectivity index (χ1n) is 5.87. The Labute approximate surface area is 106 Å². The Bertz CT molecular complexity index is 563. The van der Waals surface area contributed by atoms with Gasteiger partial charge >= 0.3 is 0 Å². The van der Waals surface area contributed by atoms with E-state index in [1.807, 2.05) is 18.2 Å². The van der Waals surface area contributed by atoms with Gasteiger partial charge in [0.2, 0.25) is 0 Å². The third kappa shape index (κ3) is 1.86. The van der Waals surface area contributed by atoms with Gasteiger partial charge in [-0.05, 0) is 47.2 Å². The van der Waals surface area contributed by atoms with Crippen LogP contribution in [0.1, 0.15) is 28.3 Å². The fraction of sp³-hybridized carbons (Fsp3) is 0.200. The molecule has 0 saturated heterocycles. The standard InChI is InChI=1S/C15H14ClN/c16-12-8-7-11-6-5-10-3-1-2-4-13(10)15(17)14(11)9-12/h1-4,7-9,15H,5-6,17H2/t15-/m1/s1. The Balaban J connectivity index is 2.18. The van der Waals surface area contributed by atoms with Crippen molar-refractivity contribution in [1.29, 1.82) is 0 Å². The molecular weight excluding hydrogens is 230 g/mol. The van der Waals surface area contributed by atoms with E-state index in [4.69, 9.17) is 17.3 Å². The molecule has 1 aliphatic rings. The predicted octanol–water partition coefficient (Wildman–Crippen LogP) is 3.49. The maximum Gasteiger partial charge on any atom is 0.0557 e. The third-order valence-electron chi connectivity index (χ3n) is 3.50. The van der Waals surface area contributed by atoms with Crippen LogP contribution in [0, 0.1) is 0 Å². The van der Waals surface area contributed by atoms with Crippen molar-refractivity contribution in [3.05, 3.63) is 69.7 Å². The van der Waals surface area contributed by atoms with Crippen LogP contribution in [0.2, 0.25) is 5.02 Å². The topological polar surface area (TPSA) is 26.0 Å². The average Bonchev–Trinajstić information content (AvgIpc) is 2.49. The van der Waals surface area contributed by atoms with Crippen molar-refractivity contribution in [2.45, 2.75) is 18.9 Å². The molecule has 2 aromatic rings. The van der Waals surface area contributed by atoms with E-state index in [-0.39, 0.29) is 6.04 Å². The molecule has 0 aromatic heterocycles. The number of halogens is 1. The molecule has 86 valence electrons. The van der Waals surface area contributed by atoms with E-state index in [9.17, 15) is 0 Å². The van der Waals surface area contributed by atoms with Crippen LogP contribution in [0.5, 0.6) is 0 Å². The van der Waals surface area contributed by atoms with Crippen LogP contribution in [0.15, 0.2) is 42.5 Å². The number of aryl methyl sites for hydroxylation is 2. The minimum atomic E-state index is -0.0533. The fourth-order valence-electron chi connectivity index (χ4n) is 2.59. The van der Waals surface area contributed by atoms with E-state index in [1.54, 1.807) is 0 Å². The highest BCUT2D eigenvalue weighted by Gasteiger charge is 2.20.